The van der Waals surface area contributed by atoms with Crippen LogP contribution in [0.5, 0.6) is 11.5 Å². The average molecular weight is 514 g/mol. The quantitative estimate of drug-likeness (QED) is 0.173. The van der Waals surface area contributed by atoms with Crippen LogP contribution in [0.25, 0.3) is 0 Å². The number of carbonyl (C=O) groups is 1. The predicted octanol–water partition coefficient (Wildman–Crippen LogP) is 7.04. The number of hydrogen-bond donors (Lipinski definition) is 1. The van der Waals surface area contributed by atoms with E-state index in [2.05, 4.69) is 71.7 Å². The monoisotopic (exact) mass is 513 g/mol. The smallest absolute Gasteiger partial charge is 0.407 e. The summed E-state index contributed by atoms with van der Waals surface area (Å²) >= 11 is 3.69. The van der Waals surface area contributed by atoms with Gasteiger partial charge < -0.3 is 19.2 Å². The Kier molecular flexibility index (Phi) is 12.3. The molecule has 0 saturated carbocycles. The first-order valence-corrected chi connectivity index (χ1v) is 16.5. The number of ether oxygens (including phenoxy) is 2. The Hall–Kier alpha value is -1.25. The Morgan fingerprint density at radius 1 is 1.21 bits per heavy atom. The second-order valence-corrected chi connectivity index (χ2v) is 17.3. The molecule has 1 atom stereocenters. The second kappa shape index (κ2) is 13.6. The van der Waals surface area contributed by atoms with Crippen LogP contribution in [0, 0.1) is 6.92 Å². The van der Waals surface area contributed by atoms with Gasteiger partial charge in [0.2, 0.25) is 0 Å². The minimum atomic E-state index is -2.05. The summed E-state index contributed by atoms with van der Waals surface area (Å²) in [5.41, 5.74) is 2.13. The molecule has 0 aliphatic heterocycles. The van der Waals surface area contributed by atoms with E-state index in [1.807, 2.05) is 30.4 Å². The molecule has 0 heterocycles. The highest BCUT2D eigenvalue weighted by Gasteiger charge is 2.39. The van der Waals surface area contributed by atoms with Crippen LogP contribution in [0.15, 0.2) is 24.8 Å². The van der Waals surface area contributed by atoms with Gasteiger partial charge in [-0.1, -0.05) is 53.3 Å². The van der Waals surface area contributed by atoms with Gasteiger partial charge in [-0.25, -0.2) is 4.79 Å². The van der Waals surface area contributed by atoms with Crippen LogP contribution in [0.4, 0.5) is 4.79 Å². The molecule has 0 spiro atoms. The largest absolute Gasteiger partial charge is 0.541 e. The molecule has 0 aromatic heterocycles. The molecule has 1 aromatic rings. The highest BCUT2D eigenvalue weighted by molar-refractivity contribution is 8.17. The molecule has 1 amide bonds. The summed E-state index contributed by atoms with van der Waals surface area (Å²) in [4.78, 5) is 12.4. The lowest BCUT2D eigenvalue weighted by Crippen LogP contribution is -2.44. The average Bonchev–Trinajstić information content (AvgIpc) is 2.70. The maximum atomic E-state index is 12.4. The Morgan fingerprint density at radius 3 is 2.30 bits per heavy atom. The molecule has 5 nitrogen and oxygen atoms in total. The molecule has 1 N–H and O–H groups in total. The van der Waals surface area contributed by atoms with Crippen LogP contribution in [-0.4, -0.2) is 50.3 Å². The van der Waals surface area contributed by atoms with E-state index in [0.717, 1.165) is 34.1 Å². The van der Waals surface area contributed by atoms with Crippen LogP contribution < -0.4 is 14.5 Å². The van der Waals surface area contributed by atoms with E-state index in [1.54, 1.807) is 13.2 Å². The van der Waals surface area contributed by atoms with E-state index in [-0.39, 0.29) is 22.3 Å². The standard InChI is InChI=1S/C25H43NO4S2Si/c1-11-14-29-24(27)26-20(23(31-12-2)32-13-3)16-19-15-18(4)22(28-8)21(17-19)30-33(9,10)25(5,6)7/h11,15,17,20,23H,1,12-14,16H2,2-10H3,(H,26,27)/t20-/m0/s1. The summed E-state index contributed by atoms with van der Waals surface area (Å²) in [6, 6.07) is 4.12. The van der Waals surface area contributed by atoms with Gasteiger partial charge in [-0.05, 0) is 60.2 Å². The molecule has 0 fully saturated rings. The lowest BCUT2D eigenvalue weighted by molar-refractivity contribution is 0.154. The lowest BCUT2D eigenvalue weighted by Gasteiger charge is -2.37. The van der Waals surface area contributed by atoms with Gasteiger partial charge in [0, 0.05) is 0 Å². The van der Waals surface area contributed by atoms with Gasteiger partial charge in [-0.15, -0.1) is 23.5 Å². The molecule has 188 valence electrons. The fourth-order valence-electron chi connectivity index (χ4n) is 3.10. The van der Waals surface area contributed by atoms with Crippen LogP contribution >= 0.6 is 23.5 Å². The zero-order valence-corrected chi connectivity index (χ0v) is 24.5. The van der Waals surface area contributed by atoms with Gasteiger partial charge in [0.1, 0.15) is 12.4 Å². The Bertz CT molecular complexity index is 774. The van der Waals surface area contributed by atoms with E-state index >= 15 is 0 Å². The number of thioether (sulfide) groups is 2. The van der Waals surface area contributed by atoms with Crippen molar-refractivity contribution in [2.75, 3.05) is 25.2 Å². The summed E-state index contributed by atoms with van der Waals surface area (Å²) < 4.78 is 17.8. The van der Waals surface area contributed by atoms with E-state index in [4.69, 9.17) is 13.9 Å². The molecule has 1 rings (SSSR count). The van der Waals surface area contributed by atoms with Gasteiger partial charge in [-0.2, -0.15) is 0 Å². The Morgan fingerprint density at radius 2 is 1.82 bits per heavy atom. The highest BCUT2D eigenvalue weighted by atomic mass is 32.2. The molecule has 0 saturated heterocycles. The minimum absolute atomic E-state index is 0.0710. The minimum Gasteiger partial charge on any atom is -0.541 e. The molecule has 0 aliphatic carbocycles. The molecule has 0 bridgehead atoms. The number of methoxy groups -OCH3 is 1. The highest BCUT2D eigenvalue weighted by Crippen LogP contribution is 2.42. The van der Waals surface area contributed by atoms with Crippen molar-refractivity contribution >= 4 is 37.9 Å². The number of nitrogens with one attached hydrogen (secondary N) is 1. The number of amides is 1. The molecule has 8 heteroatoms. The van der Waals surface area contributed by atoms with E-state index in [0.29, 0.717) is 6.42 Å². The Labute approximate surface area is 210 Å². The van der Waals surface area contributed by atoms with Crippen molar-refractivity contribution in [1.82, 2.24) is 5.32 Å². The fraction of sp³-hybridized carbons (Fsp3) is 0.640. The maximum absolute atomic E-state index is 12.4. The van der Waals surface area contributed by atoms with Crippen molar-refractivity contribution < 1.29 is 18.7 Å². The summed E-state index contributed by atoms with van der Waals surface area (Å²) in [6.07, 6.45) is 1.83. The van der Waals surface area contributed by atoms with Crippen molar-refractivity contribution in [3.05, 3.63) is 35.9 Å². The first-order chi connectivity index (χ1) is 15.4. The van der Waals surface area contributed by atoms with Crippen molar-refractivity contribution in [2.45, 2.75) is 76.7 Å². The van der Waals surface area contributed by atoms with Gasteiger partial charge in [0.05, 0.1) is 17.7 Å². The Balaban J connectivity index is 3.33. The maximum Gasteiger partial charge on any atom is 0.407 e. The van der Waals surface area contributed by atoms with Gasteiger partial charge >= 0.3 is 6.09 Å². The number of hydrogen-bond acceptors (Lipinski definition) is 6. The molecule has 1 aromatic carbocycles. The normalized spacial score (nSPS) is 12.9. The number of alkyl carbamates (subject to hydrolysis) is 1. The number of benzene rings is 1. The summed E-state index contributed by atoms with van der Waals surface area (Å²) in [5.74, 6) is 3.51. The third-order valence-corrected chi connectivity index (χ3v) is 12.9. The van der Waals surface area contributed by atoms with Gasteiger partial charge in [0.15, 0.2) is 5.75 Å². The predicted molar refractivity (Wildman–Crippen MR) is 148 cm³/mol. The van der Waals surface area contributed by atoms with Crippen LogP contribution in [0.3, 0.4) is 0 Å². The molecular formula is C25H43NO4S2Si. The third kappa shape index (κ3) is 9.13. The zero-order chi connectivity index (χ0) is 25.2. The van der Waals surface area contributed by atoms with Crippen LogP contribution in [0.1, 0.15) is 45.7 Å². The van der Waals surface area contributed by atoms with Crippen LogP contribution in [-0.2, 0) is 11.2 Å². The van der Waals surface area contributed by atoms with E-state index < -0.39 is 14.4 Å². The lowest BCUT2D eigenvalue weighted by atomic mass is 10.0. The van der Waals surface area contributed by atoms with Crippen molar-refractivity contribution in [1.29, 1.82) is 0 Å². The first kappa shape index (κ1) is 29.8. The zero-order valence-electron chi connectivity index (χ0n) is 21.9. The van der Waals surface area contributed by atoms with Gasteiger partial charge in [0.25, 0.3) is 8.32 Å². The number of rotatable bonds is 13. The van der Waals surface area contributed by atoms with Crippen molar-refractivity contribution in [2.24, 2.45) is 0 Å². The molecule has 0 unspecified atom stereocenters. The summed E-state index contributed by atoms with van der Waals surface area (Å²) in [7, 11) is -0.368. The first-order valence-electron chi connectivity index (χ1n) is 11.5. The molecular weight excluding hydrogens is 470 g/mol. The van der Waals surface area contributed by atoms with Crippen LogP contribution in [0.2, 0.25) is 18.1 Å². The third-order valence-electron chi connectivity index (χ3n) is 5.76. The fourth-order valence-corrected chi connectivity index (χ4v) is 6.76. The number of aryl methyl sites for hydroxylation is 1. The topological polar surface area (TPSA) is 56.8 Å². The van der Waals surface area contributed by atoms with E-state index in [1.165, 1.54) is 0 Å². The van der Waals surface area contributed by atoms with Gasteiger partial charge in [-0.3, -0.25) is 0 Å². The van der Waals surface area contributed by atoms with Crippen molar-refractivity contribution in [3.63, 3.8) is 0 Å². The molecule has 33 heavy (non-hydrogen) atoms. The SMILES string of the molecule is C=CCOC(=O)N[C@@H](Cc1cc(C)c(OC)c(O[Si](C)(C)C(C)(C)C)c1)C(SCC)SCC. The van der Waals surface area contributed by atoms with Crippen molar-refractivity contribution in [3.8, 4) is 11.5 Å². The second-order valence-electron chi connectivity index (χ2n) is 9.43. The number of carbonyl (C=O) groups excluding carboxylic acids is 1. The van der Waals surface area contributed by atoms with E-state index in [9.17, 15) is 4.79 Å². The summed E-state index contributed by atoms with van der Waals surface area (Å²) in [5, 5.41) is 3.17. The molecule has 0 aliphatic rings. The molecule has 0 radical (unpaired) electrons. The summed E-state index contributed by atoms with van der Waals surface area (Å²) in [6.45, 7) is 21.3.